The lowest BCUT2D eigenvalue weighted by atomic mass is 9.82. The molecular formula is C25H27F7N2O. The molecule has 0 aliphatic carbocycles. The molecule has 3 rings (SSSR count). The average molecular weight is 504 g/mol. The smallest absolute Gasteiger partial charge is 0.337 e. The second kappa shape index (κ2) is 9.70. The molecule has 1 N–H and O–H groups in total. The molecule has 1 fully saturated rings. The molecule has 0 radical (unpaired) electrons. The van der Waals surface area contributed by atoms with E-state index in [2.05, 4.69) is 5.32 Å². The number of nitrogens with one attached hydrogen (secondary N) is 1. The maximum Gasteiger partial charge on any atom is 0.416 e. The maximum absolute atomic E-state index is 13.5. The van der Waals surface area contributed by atoms with E-state index in [1.54, 1.807) is 17.9 Å². The number of urea groups is 1. The summed E-state index contributed by atoms with van der Waals surface area (Å²) in [5, 5.41) is 2.67. The number of amides is 2. The summed E-state index contributed by atoms with van der Waals surface area (Å²) in [7, 11) is 0. The van der Waals surface area contributed by atoms with Crippen LogP contribution in [0.25, 0.3) is 0 Å². The van der Waals surface area contributed by atoms with Crippen LogP contribution in [0.2, 0.25) is 0 Å². The van der Waals surface area contributed by atoms with E-state index in [-0.39, 0.29) is 29.9 Å². The quantitative estimate of drug-likeness (QED) is 0.445. The molecule has 0 saturated carbocycles. The minimum absolute atomic E-state index is 0.000853. The van der Waals surface area contributed by atoms with Gasteiger partial charge in [0.15, 0.2) is 0 Å². The van der Waals surface area contributed by atoms with Crippen LogP contribution in [-0.2, 0) is 17.8 Å². The van der Waals surface area contributed by atoms with Gasteiger partial charge in [-0.3, -0.25) is 0 Å². The molecule has 192 valence electrons. The molecule has 3 nitrogen and oxygen atoms in total. The van der Waals surface area contributed by atoms with Crippen molar-refractivity contribution in [2.75, 3.05) is 19.6 Å². The molecule has 2 aromatic rings. The number of piperidine rings is 1. The Balaban J connectivity index is 1.74. The zero-order chi connectivity index (χ0) is 26.2. The molecule has 0 spiro atoms. The number of carbonyl (C=O) groups is 1. The van der Waals surface area contributed by atoms with E-state index in [4.69, 9.17) is 0 Å². The van der Waals surface area contributed by atoms with Crippen LogP contribution in [-0.4, -0.2) is 30.6 Å². The van der Waals surface area contributed by atoms with Crippen LogP contribution in [0, 0.1) is 12.7 Å². The van der Waals surface area contributed by atoms with Gasteiger partial charge < -0.3 is 10.2 Å². The molecule has 1 aliphatic heterocycles. The number of rotatable bonds is 4. The van der Waals surface area contributed by atoms with E-state index >= 15 is 0 Å². The Hall–Kier alpha value is -2.78. The van der Waals surface area contributed by atoms with Crippen molar-refractivity contribution in [2.45, 2.75) is 57.3 Å². The van der Waals surface area contributed by atoms with Gasteiger partial charge in [-0.1, -0.05) is 19.9 Å². The van der Waals surface area contributed by atoms with Gasteiger partial charge in [0, 0.05) is 31.0 Å². The van der Waals surface area contributed by atoms with Crippen LogP contribution in [0.5, 0.6) is 0 Å². The van der Waals surface area contributed by atoms with Gasteiger partial charge in [-0.05, 0) is 66.8 Å². The highest BCUT2D eigenvalue weighted by molar-refractivity contribution is 5.74. The van der Waals surface area contributed by atoms with Crippen LogP contribution in [0.1, 0.15) is 60.4 Å². The van der Waals surface area contributed by atoms with Gasteiger partial charge in [-0.15, -0.1) is 0 Å². The molecule has 0 bridgehead atoms. The van der Waals surface area contributed by atoms with Crippen LogP contribution in [0.15, 0.2) is 36.4 Å². The van der Waals surface area contributed by atoms with Crippen molar-refractivity contribution in [1.82, 2.24) is 10.2 Å². The van der Waals surface area contributed by atoms with Crippen molar-refractivity contribution in [3.8, 4) is 0 Å². The number of halogens is 7. The Labute approximate surface area is 199 Å². The minimum atomic E-state index is -4.95. The summed E-state index contributed by atoms with van der Waals surface area (Å²) in [6.07, 6.45) is -8.37. The summed E-state index contributed by atoms with van der Waals surface area (Å²) in [6.45, 7) is 5.42. The van der Waals surface area contributed by atoms with E-state index in [0.717, 1.165) is 17.5 Å². The lowest BCUT2D eigenvalue weighted by Gasteiger charge is -2.35. The topological polar surface area (TPSA) is 32.3 Å². The van der Waals surface area contributed by atoms with Crippen molar-refractivity contribution in [3.05, 3.63) is 70.0 Å². The number of hydrogen-bond donors (Lipinski definition) is 1. The lowest BCUT2D eigenvalue weighted by molar-refractivity contribution is -0.143. The van der Waals surface area contributed by atoms with E-state index in [1.165, 1.54) is 26.0 Å². The van der Waals surface area contributed by atoms with Gasteiger partial charge >= 0.3 is 18.4 Å². The Morgan fingerprint density at radius 3 is 2.09 bits per heavy atom. The van der Waals surface area contributed by atoms with Gasteiger partial charge in [-0.2, -0.15) is 26.3 Å². The van der Waals surface area contributed by atoms with Crippen LogP contribution < -0.4 is 5.32 Å². The zero-order valence-electron chi connectivity index (χ0n) is 19.6. The number of benzene rings is 2. The highest BCUT2D eigenvalue weighted by Gasteiger charge is 2.38. The molecule has 10 heteroatoms. The largest absolute Gasteiger partial charge is 0.416 e. The first-order valence-corrected chi connectivity index (χ1v) is 11.2. The molecular weight excluding hydrogens is 477 g/mol. The Bertz CT molecular complexity index is 1040. The first kappa shape index (κ1) is 26.8. The molecule has 1 heterocycles. The van der Waals surface area contributed by atoms with Crippen molar-refractivity contribution >= 4 is 6.03 Å². The number of carbonyl (C=O) groups excluding carboxylic acids is 1. The summed E-state index contributed by atoms with van der Waals surface area (Å²) in [5.74, 6) is -0.344. The molecule has 1 unspecified atom stereocenters. The highest BCUT2D eigenvalue weighted by Crippen LogP contribution is 2.39. The standard InChI is InChI=1S/C25H27F7N2O/c1-15-9-20(26)6-7-21(15)16-5-4-8-34(13-16)22(35)33-14-23(2,3)17-10-18(24(27,28)29)12-19(11-17)25(30,31)32/h6-7,9-12,16H,4-5,8,13-14H2,1-3H3,(H,33,35). The first-order chi connectivity index (χ1) is 16.1. The molecule has 1 atom stereocenters. The summed E-state index contributed by atoms with van der Waals surface area (Å²) < 4.78 is 92.9. The predicted octanol–water partition coefficient (Wildman–Crippen LogP) is 7.04. The van der Waals surface area contributed by atoms with Gasteiger partial charge in [-0.25, -0.2) is 9.18 Å². The van der Waals surface area contributed by atoms with Gasteiger partial charge in [0.2, 0.25) is 0 Å². The first-order valence-electron chi connectivity index (χ1n) is 11.2. The third-order valence-corrected chi connectivity index (χ3v) is 6.43. The van der Waals surface area contributed by atoms with Crippen LogP contribution in [0.4, 0.5) is 35.5 Å². The number of hydrogen-bond acceptors (Lipinski definition) is 1. The molecule has 35 heavy (non-hydrogen) atoms. The van der Waals surface area contributed by atoms with Gasteiger partial charge in [0.1, 0.15) is 5.82 Å². The summed E-state index contributed by atoms with van der Waals surface area (Å²) in [6, 6.07) is 5.51. The normalized spacial score (nSPS) is 17.4. The Morgan fingerprint density at radius 2 is 1.54 bits per heavy atom. The van der Waals surface area contributed by atoms with E-state index < -0.39 is 34.9 Å². The van der Waals surface area contributed by atoms with Crippen molar-refractivity contribution in [1.29, 1.82) is 0 Å². The second-order valence-electron chi connectivity index (χ2n) is 9.62. The van der Waals surface area contributed by atoms with Gasteiger partial charge in [0.25, 0.3) is 0 Å². The Kier molecular flexibility index (Phi) is 7.43. The average Bonchev–Trinajstić information content (AvgIpc) is 2.76. The number of nitrogens with zero attached hydrogens (tertiary/aromatic N) is 1. The predicted molar refractivity (Wildman–Crippen MR) is 118 cm³/mol. The van der Waals surface area contributed by atoms with Crippen molar-refractivity contribution < 1.29 is 35.5 Å². The van der Waals surface area contributed by atoms with Crippen LogP contribution >= 0.6 is 0 Å². The van der Waals surface area contributed by atoms with Crippen LogP contribution in [0.3, 0.4) is 0 Å². The van der Waals surface area contributed by atoms with E-state index in [1.807, 2.05) is 0 Å². The lowest BCUT2D eigenvalue weighted by Crippen LogP contribution is -2.48. The maximum atomic E-state index is 13.5. The van der Waals surface area contributed by atoms with E-state index in [9.17, 15) is 35.5 Å². The van der Waals surface area contributed by atoms with Gasteiger partial charge in [0.05, 0.1) is 11.1 Å². The number of aryl methyl sites for hydroxylation is 1. The fourth-order valence-corrected chi connectivity index (χ4v) is 4.37. The zero-order valence-corrected chi connectivity index (χ0v) is 19.6. The monoisotopic (exact) mass is 504 g/mol. The molecule has 1 aliphatic rings. The molecule has 1 saturated heterocycles. The fourth-order valence-electron chi connectivity index (χ4n) is 4.37. The summed E-state index contributed by atoms with van der Waals surface area (Å²) in [4.78, 5) is 14.4. The Morgan fingerprint density at radius 1 is 0.971 bits per heavy atom. The minimum Gasteiger partial charge on any atom is -0.337 e. The number of likely N-dealkylation sites (tertiary alicyclic amines) is 1. The third kappa shape index (κ3) is 6.46. The SMILES string of the molecule is Cc1cc(F)ccc1C1CCCN(C(=O)NCC(C)(C)c2cc(C(F)(F)F)cc(C(F)(F)F)c2)C1. The van der Waals surface area contributed by atoms with Crippen molar-refractivity contribution in [3.63, 3.8) is 0 Å². The highest BCUT2D eigenvalue weighted by atomic mass is 19.4. The molecule has 0 aromatic heterocycles. The summed E-state index contributed by atoms with van der Waals surface area (Å²) in [5.41, 5.74) is -2.46. The van der Waals surface area contributed by atoms with E-state index in [0.29, 0.717) is 31.6 Å². The summed E-state index contributed by atoms with van der Waals surface area (Å²) >= 11 is 0. The molecule has 2 aromatic carbocycles. The third-order valence-electron chi connectivity index (χ3n) is 6.43. The number of alkyl halides is 6. The second-order valence-corrected chi connectivity index (χ2v) is 9.62. The fraction of sp³-hybridized carbons (Fsp3) is 0.480. The van der Waals surface area contributed by atoms with Crippen molar-refractivity contribution in [2.24, 2.45) is 0 Å². The molecule has 2 amide bonds.